The largest absolute Gasteiger partial charge is 0.469 e. The lowest BCUT2D eigenvalue weighted by Crippen LogP contribution is -2.51. The Bertz CT molecular complexity index is 830. The third-order valence-electron chi connectivity index (χ3n) is 11.3. The Kier molecular flexibility index (Phi) is 8.62. The molecule has 0 bridgehead atoms. The Morgan fingerprint density at radius 3 is 2.44 bits per heavy atom. The summed E-state index contributed by atoms with van der Waals surface area (Å²) in [6.07, 6.45) is 16.7. The summed E-state index contributed by atoms with van der Waals surface area (Å²) in [5.41, 5.74) is 2.33. The monoisotopic (exact) mass is 500 g/mol. The maximum atomic E-state index is 12.3. The lowest BCUT2D eigenvalue weighted by atomic mass is 9.47. The molecule has 0 aromatic heterocycles. The van der Waals surface area contributed by atoms with Gasteiger partial charge >= 0.3 is 11.9 Å². The molecule has 4 nitrogen and oxygen atoms in total. The first-order valence-corrected chi connectivity index (χ1v) is 15.0. The Morgan fingerprint density at radius 2 is 1.72 bits per heavy atom. The molecule has 4 rings (SSSR count). The van der Waals surface area contributed by atoms with Crippen molar-refractivity contribution >= 4 is 11.9 Å². The molecule has 0 spiro atoms. The van der Waals surface area contributed by atoms with Gasteiger partial charge in [0, 0.05) is 6.42 Å². The van der Waals surface area contributed by atoms with E-state index in [-0.39, 0.29) is 36.3 Å². The van der Waals surface area contributed by atoms with Gasteiger partial charge in [-0.25, -0.2) is 0 Å². The molecule has 8 atom stereocenters. The van der Waals surface area contributed by atoms with Gasteiger partial charge in [0.15, 0.2) is 0 Å². The number of carbonyl (C=O) groups excluding carboxylic acids is 2. The molecule has 4 heteroatoms. The quantitative estimate of drug-likeness (QED) is 0.238. The van der Waals surface area contributed by atoms with E-state index in [1.807, 2.05) is 0 Å². The molecule has 0 heterocycles. The van der Waals surface area contributed by atoms with Crippen LogP contribution in [0.1, 0.15) is 118 Å². The van der Waals surface area contributed by atoms with Gasteiger partial charge in [0.05, 0.1) is 20.0 Å². The van der Waals surface area contributed by atoms with Crippen LogP contribution < -0.4 is 0 Å². The number of hydrogen-bond donors (Lipinski definition) is 0. The van der Waals surface area contributed by atoms with Crippen molar-refractivity contribution in [2.45, 2.75) is 124 Å². The van der Waals surface area contributed by atoms with Crippen LogP contribution in [0.5, 0.6) is 0 Å². The number of methoxy groups -OCH3 is 1. The fourth-order valence-electron chi connectivity index (χ4n) is 9.30. The van der Waals surface area contributed by atoms with Gasteiger partial charge in [-0.2, -0.15) is 0 Å². The summed E-state index contributed by atoms with van der Waals surface area (Å²) in [4.78, 5) is 23.7. The van der Waals surface area contributed by atoms with Gasteiger partial charge < -0.3 is 9.47 Å². The molecule has 0 N–H and O–H groups in total. The molecule has 0 aromatic rings. The van der Waals surface area contributed by atoms with Crippen molar-refractivity contribution in [1.29, 1.82) is 0 Å². The predicted octanol–water partition coefficient (Wildman–Crippen LogP) is 7.89. The SMILES string of the molecule is COC(=O)CCC(=O)O[C@H]1CC[C@@]2(C)C(=CC[C@@H]3[C@H]4CC[C@@H]([C@H](C)CCCC(C)C)[C@@]4(C)CC[C@H]32)C1. The third-order valence-corrected chi connectivity index (χ3v) is 11.3. The van der Waals surface area contributed by atoms with E-state index in [1.165, 1.54) is 58.5 Å². The van der Waals surface area contributed by atoms with Crippen molar-refractivity contribution in [2.75, 3.05) is 7.11 Å². The van der Waals surface area contributed by atoms with E-state index >= 15 is 0 Å². The molecule has 0 aromatic carbocycles. The van der Waals surface area contributed by atoms with E-state index in [4.69, 9.17) is 4.74 Å². The molecule has 204 valence electrons. The third kappa shape index (κ3) is 5.44. The van der Waals surface area contributed by atoms with Crippen molar-refractivity contribution in [2.24, 2.45) is 46.3 Å². The number of esters is 2. The zero-order valence-electron chi connectivity index (χ0n) is 23.9. The molecule has 0 saturated heterocycles. The summed E-state index contributed by atoms with van der Waals surface area (Å²) in [5, 5.41) is 0. The van der Waals surface area contributed by atoms with Crippen molar-refractivity contribution in [1.82, 2.24) is 0 Å². The summed E-state index contributed by atoms with van der Waals surface area (Å²) in [7, 11) is 1.35. The molecular formula is C32H52O4. The van der Waals surface area contributed by atoms with Crippen molar-refractivity contribution in [3.8, 4) is 0 Å². The van der Waals surface area contributed by atoms with Crippen LogP contribution in [0.4, 0.5) is 0 Å². The van der Waals surface area contributed by atoms with Crippen LogP contribution in [0.3, 0.4) is 0 Å². The standard InChI is InChI=1S/C32H52O4/c1-21(2)8-7-9-22(3)26-12-13-27-25-11-10-23-20-24(36-30(34)15-14-29(33)35-6)16-18-31(23,4)28(25)17-19-32(26,27)5/h10,21-22,24-28H,7-9,11-20H2,1-6H3/t22-,24+,25-,26+,27-,28-,31+,32-/m1/s1. The van der Waals surface area contributed by atoms with Crippen LogP contribution in [-0.4, -0.2) is 25.2 Å². The van der Waals surface area contributed by atoms with Crippen LogP contribution in [0.25, 0.3) is 0 Å². The van der Waals surface area contributed by atoms with Gasteiger partial charge in [0.1, 0.15) is 6.10 Å². The zero-order valence-corrected chi connectivity index (χ0v) is 23.9. The number of carbonyl (C=O) groups is 2. The number of rotatable bonds is 9. The molecule has 0 amide bonds. The predicted molar refractivity (Wildman–Crippen MR) is 144 cm³/mol. The minimum atomic E-state index is -0.354. The molecule has 0 aliphatic heterocycles. The topological polar surface area (TPSA) is 52.6 Å². The summed E-state index contributed by atoms with van der Waals surface area (Å²) in [6, 6.07) is 0. The van der Waals surface area contributed by atoms with Crippen LogP contribution in [0, 0.1) is 46.3 Å². The van der Waals surface area contributed by atoms with Crippen molar-refractivity contribution in [3.05, 3.63) is 11.6 Å². The summed E-state index contributed by atoms with van der Waals surface area (Å²) < 4.78 is 10.5. The normalized spacial score (nSPS) is 38.4. The highest BCUT2D eigenvalue weighted by molar-refractivity contribution is 5.77. The first-order chi connectivity index (χ1) is 17.1. The number of ether oxygens (including phenoxy) is 2. The van der Waals surface area contributed by atoms with Crippen LogP contribution in [0.15, 0.2) is 11.6 Å². The number of allylic oxidation sites excluding steroid dienone is 1. The number of fused-ring (bicyclic) bond motifs is 5. The van der Waals surface area contributed by atoms with Gasteiger partial charge in [-0.15, -0.1) is 0 Å². The molecule has 3 saturated carbocycles. The molecule has 0 radical (unpaired) electrons. The highest BCUT2D eigenvalue weighted by Crippen LogP contribution is 2.67. The molecule has 4 aliphatic rings. The second-order valence-corrected chi connectivity index (χ2v) is 13.7. The summed E-state index contributed by atoms with van der Waals surface area (Å²) >= 11 is 0. The van der Waals surface area contributed by atoms with Crippen molar-refractivity contribution in [3.63, 3.8) is 0 Å². The highest BCUT2D eigenvalue weighted by atomic mass is 16.5. The summed E-state index contributed by atoms with van der Waals surface area (Å²) in [5.74, 6) is 4.42. The molecule has 36 heavy (non-hydrogen) atoms. The lowest BCUT2D eigenvalue weighted by Gasteiger charge is -2.58. The van der Waals surface area contributed by atoms with Gasteiger partial charge in [-0.3, -0.25) is 9.59 Å². The molecule has 3 fully saturated rings. The maximum absolute atomic E-state index is 12.3. The average molecular weight is 501 g/mol. The maximum Gasteiger partial charge on any atom is 0.306 e. The van der Waals surface area contributed by atoms with Crippen molar-refractivity contribution < 1.29 is 19.1 Å². The van der Waals surface area contributed by atoms with E-state index in [2.05, 4.69) is 45.4 Å². The fourth-order valence-corrected chi connectivity index (χ4v) is 9.30. The van der Waals surface area contributed by atoms with Gasteiger partial charge in [0.25, 0.3) is 0 Å². The van der Waals surface area contributed by atoms with Gasteiger partial charge in [-0.05, 0) is 91.3 Å². The minimum Gasteiger partial charge on any atom is -0.469 e. The lowest BCUT2D eigenvalue weighted by molar-refractivity contribution is -0.154. The smallest absolute Gasteiger partial charge is 0.306 e. The van der Waals surface area contributed by atoms with E-state index in [0.717, 1.165) is 54.8 Å². The Morgan fingerprint density at radius 1 is 0.972 bits per heavy atom. The average Bonchev–Trinajstić information content (AvgIpc) is 3.19. The zero-order chi connectivity index (χ0) is 26.1. The molecular weight excluding hydrogens is 448 g/mol. The van der Waals surface area contributed by atoms with E-state index in [9.17, 15) is 9.59 Å². The van der Waals surface area contributed by atoms with Crippen LogP contribution in [-0.2, 0) is 19.1 Å². The first-order valence-electron chi connectivity index (χ1n) is 15.0. The second-order valence-electron chi connectivity index (χ2n) is 13.7. The minimum absolute atomic E-state index is 0.0394. The second kappa shape index (κ2) is 11.2. The van der Waals surface area contributed by atoms with Gasteiger partial charge in [0.2, 0.25) is 0 Å². The van der Waals surface area contributed by atoms with Crippen LogP contribution in [0.2, 0.25) is 0 Å². The van der Waals surface area contributed by atoms with E-state index in [1.54, 1.807) is 5.57 Å². The Balaban J connectivity index is 1.38. The molecule has 0 unspecified atom stereocenters. The van der Waals surface area contributed by atoms with E-state index < -0.39 is 0 Å². The van der Waals surface area contributed by atoms with Gasteiger partial charge in [-0.1, -0.05) is 65.5 Å². The fraction of sp³-hybridized carbons (Fsp3) is 0.875. The molecule has 4 aliphatic carbocycles. The Hall–Kier alpha value is -1.32. The number of hydrogen-bond acceptors (Lipinski definition) is 4. The van der Waals surface area contributed by atoms with E-state index in [0.29, 0.717) is 5.41 Å². The highest BCUT2D eigenvalue weighted by Gasteiger charge is 2.59. The van der Waals surface area contributed by atoms with Crippen LogP contribution >= 0.6 is 0 Å². The Labute approximate surface area is 220 Å². The first kappa shape index (κ1) is 27.7. The summed E-state index contributed by atoms with van der Waals surface area (Å²) in [6.45, 7) is 12.4.